The van der Waals surface area contributed by atoms with E-state index in [0.29, 0.717) is 6.07 Å². The molecule has 2 aromatic rings. The number of nitro benzene ring substituents is 1. The molecule has 0 fully saturated rings. The summed E-state index contributed by atoms with van der Waals surface area (Å²) in [6.45, 7) is 1.18. The minimum atomic E-state index is -4.84. The Balaban J connectivity index is 2.69. The summed E-state index contributed by atoms with van der Waals surface area (Å²) in [5.41, 5.74) is -1.64. The average molecular weight is 426 g/mol. The number of nitrogens with zero attached hydrogens (tertiary/aromatic N) is 4. The van der Waals surface area contributed by atoms with Gasteiger partial charge in [0.05, 0.1) is 15.4 Å². The summed E-state index contributed by atoms with van der Waals surface area (Å²) in [6, 6.07) is 6.12. The fourth-order valence-corrected chi connectivity index (χ4v) is 3.55. The Morgan fingerprint density at radius 1 is 1.00 bits per heavy atom. The average Bonchev–Trinajstić information content (AvgIpc) is 2.58. The maximum absolute atomic E-state index is 11.5. The van der Waals surface area contributed by atoms with E-state index in [0.717, 1.165) is 24.3 Å². The monoisotopic (exact) mass is 426 g/mol. The van der Waals surface area contributed by atoms with Crippen LogP contribution in [0.1, 0.15) is 11.1 Å². The zero-order chi connectivity index (χ0) is 21.3. The van der Waals surface area contributed by atoms with Gasteiger partial charge in [-0.3, -0.25) is 19.2 Å². The summed E-state index contributed by atoms with van der Waals surface area (Å²) in [6.07, 6.45) is 0. The van der Waals surface area contributed by atoms with Gasteiger partial charge < -0.3 is 0 Å². The lowest BCUT2D eigenvalue weighted by molar-refractivity contribution is -0.384. The molecule has 2 aromatic carbocycles. The van der Waals surface area contributed by atoms with Gasteiger partial charge in [-0.2, -0.15) is 22.1 Å². The van der Waals surface area contributed by atoms with E-state index in [2.05, 4.69) is 10.2 Å². The number of non-ortho nitro benzene ring substituents is 1. The fraction of sp³-hybridized carbons (Fsp3) is 0.0714. The van der Waals surface area contributed by atoms with Crippen molar-refractivity contribution in [1.29, 1.82) is 5.26 Å². The van der Waals surface area contributed by atoms with Crippen molar-refractivity contribution in [2.75, 3.05) is 0 Å². The van der Waals surface area contributed by atoms with Gasteiger partial charge in [-0.25, -0.2) is 0 Å². The van der Waals surface area contributed by atoms with Gasteiger partial charge in [-0.15, -0.1) is 10.2 Å². The molecule has 12 nitrogen and oxygen atoms in total. The Labute approximate surface area is 158 Å². The molecule has 14 heteroatoms. The molecule has 0 unspecified atom stereocenters. The summed E-state index contributed by atoms with van der Waals surface area (Å²) >= 11 is 0. The van der Waals surface area contributed by atoms with Gasteiger partial charge in [-0.05, 0) is 30.7 Å². The van der Waals surface area contributed by atoms with Gasteiger partial charge in [0.15, 0.2) is 0 Å². The van der Waals surface area contributed by atoms with Crippen LogP contribution in [0.25, 0.3) is 0 Å². The summed E-state index contributed by atoms with van der Waals surface area (Å²) < 4.78 is 64.4. The first kappa shape index (κ1) is 21.1. The van der Waals surface area contributed by atoms with Crippen molar-refractivity contribution in [2.24, 2.45) is 10.2 Å². The molecule has 0 aliphatic rings. The topological polar surface area (TPSA) is 200 Å². The first-order chi connectivity index (χ1) is 12.8. The molecule has 2 N–H and O–H groups in total. The Kier molecular flexibility index (Phi) is 5.57. The third kappa shape index (κ3) is 4.53. The molecule has 146 valence electrons. The van der Waals surface area contributed by atoms with Crippen molar-refractivity contribution in [3.8, 4) is 6.07 Å². The standard InChI is InChI=1S/C14H10N4O8S2/c1-8-4-14(28(24,25)26)12(6-13(8)27(21,22)23)17-16-11-3-2-10(18(19)20)5-9(11)7-15/h2-6H,1H3,(H,21,22,23)(H,24,25,26). The molecule has 0 heterocycles. The fourth-order valence-electron chi connectivity index (χ4n) is 2.14. The molecule has 0 amide bonds. The van der Waals surface area contributed by atoms with Gasteiger partial charge in [0.1, 0.15) is 22.3 Å². The van der Waals surface area contributed by atoms with E-state index >= 15 is 0 Å². The van der Waals surface area contributed by atoms with Gasteiger partial charge in [0, 0.05) is 12.1 Å². The highest BCUT2D eigenvalue weighted by molar-refractivity contribution is 7.86. The number of nitro groups is 1. The van der Waals surface area contributed by atoms with Gasteiger partial charge in [-0.1, -0.05) is 0 Å². The minimum Gasteiger partial charge on any atom is -0.282 e. The maximum atomic E-state index is 11.5. The van der Waals surface area contributed by atoms with Crippen molar-refractivity contribution >= 4 is 37.3 Å². The molecule has 0 bridgehead atoms. The Morgan fingerprint density at radius 2 is 1.57 bits per heavy atom. The molecule has 0 atom stereocenters. The predicted molar refractivity (Wildman–Crippen MR) is 92.8 cm³/mol. The lowest BCUT2D eigenvalue weighted by atomic mass is 10.2. The van der Waals surface area contributed by atoms with Crippen LogP contribution in [0.5, 0.6) is 0 Å². The molecule has 0 aromatic heterocycles. The van der Waals surface area contributed by atoms with Crippen LogP contribution in [-0.4, -0.2) is 30.9 Å². The molecule has 28 heavy (non-hydrogen) atoms. The van der Waals surface area contributed by atoms with Crippen molar-refractivity contribution in [3.63, 3.8) is 0 Å². The van der Waals surface area contributed by atoms with E-state index in [-0.39, 0.29) is 16.8 Å². The summed E-state index contributed by atoms with van der Waals surface area (Å²) in [4.78, 5) is 8.55. The van der Waals surface area contributed by atoms with Crippen LogP contribution in [0.2, 0.25) is 0 Å². The van der Waals surface area contributed by atoms with Crippen LogP contribution in [0.4, 0.5) is 17.1 Å². The van der Waals surface area contributed by atoms with Gasteiger partial charge >= 0.3 is 0 Å². The summed E-state index contributed by atoms with van der Waals surface area (Å²) in [7, 11) is -9.58. The molecular formula is C14H10N4O8S2. The highest BCUT2D eigenvalue weighted by atomic mass is 32.2. The van der Waals surface area contributed by atoms with E-state index in [1.54, 1.807) is 6.07 Å². The summed E-state index contributed by atoms with van der Waals surface area (Å²) in [5, 5.41) is 26.9. The number of hydrogen-bond acceptors (Lipinski definition) is 9. The normalized spacial score (nSPS) is 12.1. The second kappa shape index (κ2) is 7.40. The van der Waals surface area contributed by atoms with E-state index in [1.807, 2.05) is 0 Å². The van der Waals surface area contributed by atoms with Crippen molar-refractivity contribution < 1.29 is 30.9 Å². The zero-order valence-electron chi connectivity index (χ0n) is 13.8. The molecule has 0 saturated carbocycles. The Morgan fingerprint density at radius 3 is 2.07 bits per heavy atom. The van der Waals surface area contributed by atoms with E-state index in [4.69, 9.17) is 5.26 Å². The number of aryl methyl sites for hydroxylation is 1. The van der Waals surface area contributed by atoms with Crippen molar-refractivity contribution in [1.82, 2.24) is 0 Å². The highest BCUT2D eigenvalue weighted by Crippen LogP contribution is 2.32. The van der Waals surface area contributed by atoms with Crippen LogP contribution in [0.15, 0.2) is 50.4 Å². The lowest BCUT2D eigenvalue weighted by Gasteiger charge is -2.07. The molecule has 0 radical (unpaired) electrons. The van der Waals surface area contributed by atoms with Crippen LogP contribution in [-0.2, 0) is 20.2 Å². The molecule has 0 spiro atoms. The van der Waals surface area contributed by atoms with E-state index in [9.17, 15) is 36.1 Å². The maximum Gasteiger partial charge on any atom is 0.296 e. The number of rotatable bonds is 5. The number of azo groups is 1. The highest BCUT2D eigenvalue weighted by Gasteiger charge is 2.22. The smallest absolute Gasteiger partial charge is 0.282 e. The van der Waals surface area contributed by atoms with Crippen LogP contribution in [0.3, 0.4) is 0 Å². The number of benzene rings is 2. The van der Waals surface area contributed by atoms with Crippen LogP contribution >= 0.6 is 0 Å². The van der Waals surface area contributed by atoms with Crippen molar-refractivity contribution in [2.45, 2.75) is 16.7 Å². The Bertz CT molecular complexity index is 1260. The molecular weight excluding hydrogens is 416 g/mol. The minimum absolute atomic E-state index is 0.177. The first-order valence-electron chi connectivity index (χ1n) is 7.04. The molecule has 0 saturated heterocycles. The van der Waals surface area contributed by atoms with E-state index in [1.165, 1.54) is 6.92 Å². The molecule has 0 aliphatic heterocycles. The predicted octanol–water partition coefficient (Wildman–Crippen LogP) is 2.68. The quantitative estimate of drug-likeness (QED) is 0.312. The van der Waals surface area contributed by atoms with Gasteiger partial charge in [0.2, 0.25) is 0 Å². The number of nitriles is 1. The van der Waals surface area contributed by atoms with Crippen LogP contribution < -0.4 is 0 Å². The largest absolute Gasteiger partial charge is 0.296 e. The summed E-state index contributed by atoms with van der Waals surface area (Å²) in [5.74, 6) is 0. The van der Waals surface area contributed by atoms with Crippen LogP contribution in [0, 0.1) is 28.4 Å². The second-order valence-corrected chi connectivity index (χ2v) is 8.09. The molecule has 2 rings (SSSR count). The lowest BCUT2D eigenvalue weighted by Crippen LogP contribution is -2.05. The Hall–Kier alpha value is -3.25. The third-order valence-corrected chi connectivity index (χ3v) is 5.27. The van der Waals surface area contributed by atoms with Crippen molar-refractivity contribution in [3.05, 3.63) is 51.6 Å². The SMILES string of the molecule is Cc1cc(S(=O)(=O)O)c(N=Nc2ccc([N+](=O)[O-])cc2C#N)cc1S(=O)(=O)O. The second-order valence-electron chi connectivity index (χ2n) is 5.31. The zero-order valence-corrected chi connectivity index (χ0v) is 15.5. The van der Waals surface area contributed by atoms with Gasteiger partial charge in [0.25, 0.3) is 25.9 Å². The molecule has 0 aliphatic carbocycles. The first-order valence-corrected chi connectivity index (χ1v) is 9.92. The number of hydrogen-bond donors (Lipinski definition) is 2. The third-order valence-electron chi connectivity index (χ3n) is 3.39. The van der Waals surface area contributed by atoms with E-state index < -0.39 is 46.3 Å².